The second kappa shape index (κ2) is 15.9. The summed E-state index contributed by atoms with van der Waals surface area (Å²) in [7, 11) is 0. The molecule has 4 aliphatic carbocycles. The second-order valence-electron chi connectivity index (χ2n) is 16.5. The average molecular weight is 727 g/mol. The minimum atomic E-state index is -0.290. The lowest BCUT2D eigenvalue weighted by Gasteiger charge is -2.18. The molecular weight excluding hydrogens is 673 g/mol. The number of nitrogens with zero attached hydrogens (tertiary/aromatic N) is 2. The van der Waals surface area contributed by atoms with E-state index in [4.69, 9.17) is 0 Å². The minimum Gasteiger partial charge on any atom is -0.393 e. The Kier molecular flexibility index (Phi) is 10.8. The molecule has 0 bridgehead atoms. The van der Waals surface area contributed by atoms with Gasteiger partial charge in [0.25, 0.3) is 5.91 Å². The fourth-order valence-electron chi connectivity index (χ4n) is 8.97. The smallest absolute Gasteiger partial charge is 0.274 e. The van der Waals surface area contributed by atoms with E-state index in [1.165, 1.54) is 16.7 Å². The first-order valence-corrected chi connectivity index (χ1v) is 20.3. The number of hydrogen-bond acceptors (Lipinski definition) is 7. The number of anilines is 1. The van der Waals surface area contributed by atoms with Gasteiger partial charge >= 0.3 is 0 Å². The molecule has 2 aromatic carbocycles. The van der Waals surface area contributed by atoms with Gasteiger partial charge in [-0.25, -0.2) is 0 Å². The van der Waals surface area contributed by atoms with Crippen molar-refractivity contribution in [2.75, 3.05) is 5.32 Å². The van der Waals surface area contributed by atoms with Gasteiger partial charge in [-0.15, -0.1) is 0 Å². The molecule has 4 saturated carbocycles. The molecule has 4 atom stereocenters. The van der Waals surface area contributed by atoms with Gasteiger partial charge in [-0.2, -0.15) is 0 Å². The third kappa shape index (κ3) is 8.07. The topological polar surface area (TPSA) is 124 Å². The first kappa shape index (κ1) is 36.7. The zero-order valence-electron chi connectivity index (χ0n) is 31.7. The van der Waals surface area contributed by atoms with Crippen LogP contribution < -0.4 is 10.6 Å². The predicted octanol–water partition coefficient (Wildman–Crippen LogP) is 8.29. The molecule has 54 heavy (non-hydrogen) atoms. The van der Waals surface area contributed by atoms with Crippen LogP contribution in [-0.2, 0) is 19.4 Å². The van der Waals surface area contributed by atoms with Crippen molar-refractivity contribution >= 4 is 17.4 Å². The van der Waals surface area contributed by atoms with E-state index in [9.17, 15) is 19.8 Å². The molecule has 0 aliphatic heterocycles. The van der Waals surface area contributed by atoms with Crippen molar-refractivity contribution in [2.45, 2.75) is 134 Å². The number of carbonyl (C=O) groups excluding carboxylic acids is 2. The Morgan fingerprint density at radius 1 is 0.722 bits per heavy atom. The number of benzene rings is 2. The summed E-state index contributed by atoms with van der Waals surface area (Å²) in [6.07, 6.45) is 15.9. The van der Waals surface area contributed by atoms with Gasteiger partial charge < -0.3 is 20.8 Å². The molecule has 282 valence electrons. The molecule has 8 heteroatoms. The largest absolute Gasteiger partial charge is 0.393 e. The van der Waals surface area contributed by atoms with Crippen molar-refractivity contribution in [3.05, 3.63) is 111 Å². The van der Waals surface area contributed by atoms with E-state index in [1.54, 1.807) is 0 Å². The summed E-state index contributed by atoms with van der Waals surface area (Å²) in [5.74, 6) is 1.11. The van der Waals surface area contributed by atoms with Crippen molar-refractivity contribution in [3.8, 4) is 11.1 Å². The maximum Gasteiger partial charge on any atom is 0.274 e. The fraction of sp³-hybridized carbons (Fsp3) is 0.478. The number of aromatic nitrogens is 2. The van der Waals surface area contributed by atoms with Gasteiger partial charge in [-0.05, 0) is 171 Å². The maximum atomic E-state index is 13.7. The average Bonchev–Trinajstić information content (AvgIpc) is 4.12. The van der Waals surface area contributed by atoms with Crippen LogP contribution in [0.3, 0.4) is 0 Å². The summed E-state index contributed by atoms with van der Waals surface area (Å²) in [5.41, 5.74) is 11.4. The number of aliphatic hydroxyl groups is 2. The summed E-state index contributed by atoms with van der Waals surface area (Å²) >= 11 is 0. The van der Waals surface area contributed by atoms with E-state index in [1.807, 2.05) is 55.7 Å². The van der Waals surface area contributed by atoms with Gasteiger partial charge in [0.05, 0.1) is 12.2 Å². The molecule has 8 nitrogen and oxygen atoms in total. The van der Waals surface area contributed by atoms with Crippen molar-refractivity contribution in [1.29, 1.82) is 0 Å². The zero-order chi connectivity index (χ0) is 37.3. The summed E-state index contributed by atoms with van der Waals surface area (Å²) in [6, 6.07) is 16.2. The minimum absolute atomic E-state index is 0.000763. The molecule has 8 rings (SSSR count). The number of pyridine rings is 2. The third-order valence-corrected chi connectivity index (χ3v) is 12.7. The molecule has 0 spiro atoms. The number of rotatable bonds is 14. The summed E-state index contributed by atoms with van der Waals surface area (Å²) in [6.45, 7) is 4.75. The number of amides is 1. The summed E-state index contributed by atoms with van der Waals surface area (Å²) in [5, 5.41) is 27.3. The fourth-order valence-corrected chi connectivity index (χ4v) is 8.97. The Hall–Kier alpha value is -4.24. The van der Waals surface area contributed by atoms with Crippen LogP contribution in [0.5, 0.6) is 0 Å². The quantitative estimate of drug-likeness (QED) is 0.0965. The molecule has 0 saturated heterocycles. The Bertz CT molecular complexity index is 1890. The highest BCUT2D eigenvalue weighted by Crippen LogP contribution is 2.43. The first-order valence-electron chi connectivity index (χ1n) is 20.3. The van der Waals surface area contributed by atoms with Gasteiger partial charge in [0.2, 0.25) is 0 Å². The molecule has 0 radical (unpaired) electrons. The van der Waals surface area contributed by atoms with Crippen molar-refractivity contribution in [3.63, 3.8) is 0 Å². The van der Waals surface area contributed by atoms with Crippen molar-refractivity contribution in [1.82, 2.24) is 15.3 Å². The molecule has 4 aromatic rings. The number of hydrogen-bond donors (Lipinski definition) is 4. The zero-order valence-corrected chi connectivity index (χ0v) is 31.7. The van der Waals surface area contributed by atoms with Gasteiger partial charge in [0.1, 0.15) is 11.4 Å². The van der Waals surface area contributed by atoms with Gasteiger partial charge in [0.15, 0.2) is 5.78 Å². The normalized spacial score (nSPS) is 22.4. The highest BCUT2D eigenvalue weighted by Gasteiger charge is 2.31. The van der Waals surface area contributed by atoms with Crippen molar-refractivity contribution in [2.24, 2.45) is 5.92 Å². The Morgan fingerprint density at radius 3 is 2.07 bits per heavy atom. The van der Waals surface area contributed by atoms with Gasteiger partial charge in [-0.1, -0.05) is 36.8 Å². The van der Waals surface area contributed by atoms with Crippen LogP contribution in [0.1, 0.15) is 142 Å². The van der Waals surface area contributed by atoms with Crippen LogP contribution in [0.4, 0.5) is 5.69 Å². The molecule has 1 amide bonds. The Balaban J connectivity index is 0.959. The maximum absolute atomic E-state index is 13.7. The number of aliphatic hydroxyl groups excluding tert-OH is 2. The van der Waals surface area contributed by atoms with E-state index in [-0.39, 0.29) is 36.4 Å². The van der Waals surface area contributed by atoms with E-state index in [0.717, 1.165) is 116 Å². The van der Waals surface area contributed by atoms with E-state index in [0.29, 0.717) is 35.7 Å². The molecule has 4 aliphatic rings. The third-order valence-electron chi connectivity index (χ3n) is 12.7. The summed E-state index contributed by atoms with van der Waals surface area (Å²) < 4.78 is 0. The number of aryl methyl sites for hydroxylation is 1. The van der Waals surface area contributed by atoms with Crippen LogP contribution in [0.2, 0.25) is 0 Å². The van der Waals surface area contributed by atoms with Crippen LogP contribution in [0.15, 0.2) is 60.9 Å². The monoisotopic (exact) mass is 726 g/mol. The molecule has 4 fully saturated rings. The number of ketones is 1. The number of Topliss-reactive ketones (excluding diaryl/α,β-unsaturated/α-hetero) is 1. The van der Waals surface area contributed by atoms with Gasteiger partial charge in [0, 0.05) is 37.1 Å². The predicted molar refractivity (Wildman–Crippen MR) is 212 cm³/mol. The molecule has 2 aromatic heterocycles. The van der Waals surface area contributed by atoms with E-state index in [2.05, 4.69) is 39.7 Å². The standard InChI is InChI=1S/C46H54N4O4/c1-27-32(21-45(53)41-22-38(30-17-18-30)34(26-48-41)25-47-40-12-6-14-44(40)52)8-3-9-35(27)36-10-5-11-39(28(36)2)50-46(54)42-23-37(29-15-16-29)33(24-49-42)20-19-31-7-4-13-43(31)51/h3,5,8-11,22-24,26,29-31,40,43-44,47,51-52H,4,6-7,12-21,25H2,1-2H3,(H,50,54)/t31-,40?,43+,44+/m1/s1. The van der Waals surface area contributed by atoms with Crippen LogP contribution in [0, 0.1) is 19.8 Å². The molecule has 1 unspecified atom stereocenters. The summed E-state index contributed by atoms with van der Waals surface area (Å²) in [4.78, 5) is 36.6. The SMILES string of the molecule is Cc1c(CC(=O)c2cc(C3CC3)c(CNC3CCC[C@@H]3O)cn2)cccc1-c1cccc(NC(=O)c2cc(C3CC3)c(CC[C@H]3CCC[C@@H]3O)cn2)c1C. The van der Waals surface area contributed by atoms with E-state index < -0.39 is 0 Å². The van der Waals surface area contributed by atoms with Gasteiger partial charge in [-0.3, -0.25) is 19.6 Å². The highest BCUT2D eigenvalue weighted by molar-refractivity contribution is 6.04. The number of nitrogens with one attached hydrogen (secondary N) is 2. The van der Waals surface area contributed by atoms with E-state index >= 15 is 0 Å². The lowest BCUT2D eigenvalue weighted by atomic mass is 9.90. The van der Waals surface area contributed by atoms with Crippen molar-refractivity contribution < 1.29 is 19.8 Å². The molecule has 2 heterocycles. The number of carbonyl (C=O) groups is 2. The van der Waals surface area contributed by atoms with Crippen LogP contribution >= 0.6 is 0 Å². The van der Waals surface area contributed by atoms with Crippen LogP contribution in [0.25, 0.3) is 11.1 Å². The Labute approximate surface area is 319 Å². The van der Waals surface area contributed by atoms with Crippen LogP contribution in [-0.4, -0.2) is 50.1 Å². The lowest BCUT2D eigenvalue weighted by Crippen LogP contribution is -2.35. The highest BCUT2D eigenvalue weighted by atomic mass is 16.3. The second-order valence-corrected chi connectivity index (χ2v) is 16.5. The Morgan fingerprint density at radius 2 is 1.37 bits per heavy atom. The first-order chi connectivity index (χ1) is 26.2. The molecular formula is C46H54N4O4. The molecule has 4 N–H and O–H groups in total. The lowest BCUT2D eigenvalue weighted by molar-refractivity contribution is 0.0986.